The van der Waals surface area contributed by atoms with E-state index < -0.39 is 0 Å². The van der Waals surface area contributed by atoms with Gasteiger partial charge in [-0.2, -0.15) is 4.57 Å². The van der Waals surface area contributed by atoms with Gasteiger partial charge in [0.2, 0.25) is 5.51 Å². The van der Waals surface area contributed by atoms with Crippen molar-refractivity contribution in [3.8, 4) is 0 Å². The second-order valence-electron chi connectivity index (χ2n) is 9.28. The van der Waals surface area contributed by atoms with Crippen LogP contribution in [0, 0.1) is 0 Å². The molecule has 1 aromatic heterocycles. The van der Waals surface area contributed by atoms with Gasteiger partial charge in [0, 0.05) is 19.3 Å². The maximum absolute atomic E-state index is 12.7. The van der Waals surface area contributed by atoms with Crippen LogP contribution in [0.15, 0.2) is 41.4 Å². The number of hydrogen-bond donors (Lipinski definition) is 0. The van der Waals surface area contributed by atoms with Gasteiger partial charge in [-0.05, 0) is 12.5 Å². The quantitative estimate of drug-likeness (QED) is 0.105. The molecule has 0 radical (unpaired) electrons. The zero-order valence-corrected chi connectivity index (χ0v) is 22.7. The Morgan fingerprint density at radius 2 is 1.57 bits per heavy atom. The summed E-state index contributed by atoms with van der Waals surface area (Å²) in [7, 11) is 1.63. The molecule has 5 nitrogen and oxygen atoms in total. The Kier molecular flexibility index (Phi) is 16.4. The molecule has 196 valence electrons. The van der Waals surface area contributed by atoms with E-state index in [0.29, 0.717) is 18.7 Å². The average Bonchev–Trinajstić information content (AvgIpc) is 3.39. The van der Waals surface area contributed by atoms with E-state index in [1.807, 2.05) is 41.4 Å². The van der Waals surface area contributed by atoms with E-state index in [-0.39, 0.29) is 18.7 Å². The lowest BCUT2D eigenvalue weighted by molar-refractivity contribution is -0.683. The molecular formula is C29H46NO4S+. The van der Waals surface area contributed by atoms with Gasteiger partial charge in [0.05, 0.1) is 17.6 Å². The molecule has 2 rings (SSSR count). The van der Waals surface area contributed by atoms with Gasteiger partial charge in [-0.15, -0.1) is 0 Å². The van der Waals surface area contributed by atoms with Gasteiger partial charge in [-0.25, -0.2) is 4.79 Å². The van der Waals surface area contributed by atoms with E-state index >= 15 is 0 Å². The van der Waals surface area contributed by atoms with Crippen LogP contribution in [-0.2, 0) is 20.8 Å². The molecule has 1 aromatic carbocycles. The van der Waals surface area contributed by atoms with Crippen LogP contribution in [0.1, 0.15) is 99.9 Å². The molecule has 1 atom stereocenters. The minimum Gasteiger partial charge on any atom is -0.459 e. The van der Waals surface area contributed by atoms with Gasteiger partial charge in [-0.1, -0.05) is 107 Å². The molecule has 0 N–H and O–H groups in total. The predicted molar refractivity (Wildman–Crippen MR) is 143 cm³/mol. The molecule has 0 saturated heterocycles. The van der Waals surface area contributed by atoms with Crippen LogP contribution in [-0.4, -0.2) is 39.0 Å². The van der Waals surface area contributed by atoms with Crippen LogP contribution < -0.4 is 4.57 Å². The number of aromatic nitrogens is 1. The summed E-state index contributed by atoms with van der Waals surface area (Å²) in [5.74, 6) is -0.320. The first-order valence-corrected chi connectivity index (χ1v) is 14.5. The van der Waals surface area contributed by atoms with Crippen molar-refractivity contribution in [2.75, 3.05) is 26.9 Å². The Bertz CT molecular complexity index is 781. The maximum atomic E-state index is 12.7. The summed E-state index contributed by atoms with van der Waals surface area (Å²) < 4.78 is 18.9. The third-order valence-corrected chi connectivity index (χ3v) is 6.97. The highest BCUT2D eigenvalue weighted by molar-refractivity contribution is 7.07. The Labute approximate surface area is 216 Å². The third-order valence-electron chi connectivity index (χ3n) is 6.30. The number of unbranched alkanes of at least 4 members (excludes halogenated alkanes) is 11. The summed E-state index contributed by atoms with van der Waals surface area (Å²) in [6.07, 6.45) is 17.7. The van der Waals surface area contributed by atoms with Gasteiger partial charge in [0.15, 0.2) is 12.7 Å². The van der Waals surface area contributed by atoms with Crippen LogP contribution in [0.25, 0.3) is 0 Å². The minimum absolute atomic E-state index is 0.188. The summed E-state index contributed by atoms with van der Waals surface area (Å²) in [6.45, 7) is 4.27. The minimum atomic E-state index is -0.320. The largest absolute Gasteiger partial charge is 0.459 e. The lowest BCUT2D eigenvalue weighted by atomic mass is 10.1. The van der Waals surface area contributed by atoms with E-state index in [2.05, 4.69) is 11.5 Å². The van der Waals surface area contributed by atoms with Crippen molar-refractivity contribution in [3.63, 3.8) is 0 Å². The Hall–Kier alpha value is -1.76. The lowest BCUT2D eigenvalue weighted by Gasteiger charge is -2.16. The van der Waals surface area contributed by atoms with Crippen molar-refractivity contribution >= 4 is 17.3 Å². The first-order valence-electron chi connectivity index (χ1n) is 13.5. The van der Waals surface area contributed by atoms with E-state index in [9.17, 15) is 4.79 Å². The second kappa shape index (κ2) is 19.4. The number of carbonyl (C=O) groups excluding carboxylic acids is 1. The summed E-state index contributed by atoms with van der Waals surface area (Å²) in [6, 6.07) is 7.59. The average molecular weight is 505 g/mol. The van der Waals surface area contributed by atoms with Gasteiger partial charge < -0.3 is 14.2 Å². The normalized spacial score (nSPS) is 12.1. The Morgan fingerprint density at radius 3 is 2.20 bits per heavy atom. The number of methoxy groups -OCH3 is 1. The molecule has 1 heterocycles. The number of ether oxygens (including phenoxy) is 3. The van der Waals surface area contributed by atoms with E-state index in [1.54, 1.807) is 18.4 Å². The number of nitrogens with zero attached hydrogens (tertiary/aromatic N) is 1. The first-order chi connectivity index (χ1) is 17.2. The molecule has 35 heavy (non-hydrogen) atoms. The van der Waals surface area contributed by atoms with Gasteiger partial charge in [-0.3, -0.25) is 0 Å². The molecule has 0 saturated carbocycles. The Balaban J connectivity index is 1.52. The maximum Gasteiger partial charge on any atom is 0.338 e. The van der Waals surface area contributed by atoms with E-state index in [4.69, 9.17) is 14.2 Å². The van der Waals surface area contributed by atoms with E-state index in [1.165, 1.54) is 70.6 Å². The molecule has 0 fully saturated rings. The molecule has 0 bridgehead atoms. The highest BCUT2D eigenvalue weighted by atomic mass is 32.1. The fourth-order valence-corrected chi connectivity index (χ4v) is 4.69. The summed E-state index contributed by atoms with van der Waals surface area (Å²) in [4.78, 5) is 12.7. The van der Waals surface area contributed by atoms with Crippen molar-refractivity contribution in [2.45, 2.75) is 96.6 Å². The van der Waals surface area contributed by atoms with Crippen molar-refractivity contribution in [1.82, 2.24) is 0 Å². The zero-order chi connectivity index (χ0) is 25.0. The Morgan fingerprint density at radius 1 is 0.914 bits per heavy atom. The lowest BCUT2D eigenvalue weighted by Crippen LogP contribution is -2.32. The molecule has 0 aliphatic rings. The van der Waals surface area contributed by atoms with Crippen molar-refractivity contribution < 1.29 is 23.6 Å². The fraction of sp³-hybridized carbons (Fsp3) is 0.655. The van der Waals surface area contributed by atoms with Gasteiger partial charge >= 0.3 is 5.97 Å². The standard InChI is InChI=1S/C29H46NO4S/c1-3-4-5-6-7-8-9-10-11-12-13-16-20-33-23-27(32-2)24-34-29(31)28-18-15-14-17-26(28)22-30-19-21-35-25-30/h14-15,17-19,21,25,27H,3-13,16,20,22-24H2,1-2H3/q+1. The van der Waals surface area contributed by atoms with Gasteiger partial charge in [0.1, 0.15) is 12.7 Å². The SMILES string of the molecule is CCCCCCCCCCCCCCOCC(COC(=O)c1ccccc1C[n+]1ccsc1)OC. The molecule has 2 aromatic rings. The predicted octanol–water partition coefficient (Wildman–Crippen LogP) is 6.97. The molecule has 6 heteroatoms. The highest BCUT2D eigenvalue weighted by Gasteiger charge is 2.18. The second-order valence-corrected chi connectivity index (χ2v) is 10.0. The summed E-state index contributed by atoms with van der Waals surface area (Å²) >= 11 is 1.63. The molecule has 0 amide bonds. The number of rotatable bonds is 21. The molecule has 0 aliphatic heterocycles. The first kappa shape index (κ1) is 29.5. The molecule has 0 aliphatic carbocycles. The highest BCUT2D eigenvalue weighted by Crippen LogP contribution is 2.13. The van der Waals surface area contributed by atoms with Gasteiger partial charge in [0.25, 0.3) is 0 Å². The number of benzene rings is 1. The third kappa shape index (κ3) is 13.2. The fourth-order valence-electron chi connectivity index (χ4n) is 4.10. The smallest absolute Gasteiger partial charge is 0.338 e. The van der Waals surface area contributed by atoms with Crippen LogP contribution in [0.4, 0.5) is 0 Å². The monoisotopic (exact) mass is 504 g/mol. The summed E-state index contributed by atoms with van der Waals surface area (Å²) in [5.41, 5.74) is 3.56. The van der Waals surface area contributed by atoms with Crippen LogP contribution in [0.2, 0.25) is 0 Å². The van der Waals surface area contributed by atoms with Crippen LogP contribution in [0.5, 0.6) is 0 Å². The zero-order valence-electron chi connectivity index (χ0n) is 21.9. The van der Waals surface area contributed by atoms with E-state index in [0.717, 1.165) is 18.6 Å². The number of hydrogen-bond acceptors (Lipinski definition) is 5. The molecule has 1 unspecified atom stereocenters. The molecular weight excluding hydrogens is 458 g/mol. The van der Waals surface area contributed by atoms with Crippen LogP contribution in [0.3, 0.4) is 0 Å². The number of carbonyl (C=O) groups is 1. The number of thiazole rings is 1. The number of esters is 1. The van der Waals surface area contributed by atoms with Crippen molar-refractivity contribution in [1.29, 1.82) is 0 Å². The summed E-state index contributed by atoms with van der Waals surface area (Å²) in [5, 5.41) is 2.02. The molecule has 0 spiro atoms. The van der Waals surface area contributed by atoms with Crippen molar-refractivity contribution in [2.24, 2.45) is 0 Å². The van der Waals surface area contributed by atoms with Crippen LogP contribution >= 0.6 is 11.3 Å². The topological polar surface area (TPSA) is 48.6 Å². The van der Waals surface area contributed by atoms with Crippen molar-refractivity contribution in [3.05, 3.63) is 52.5 Å².